The van der Waals surface area contributed by atoms with Crippen LogP contribution in [-0.2, 0) is 0 Å². The van der Waals surface area contributed by atoms with Crippen molar-refractivity contribution >= 4 is 113 Å². The van der Waals surface area contributed by atoms with Gasteiger partial charge in [-0.25, -0.2) is 0 Å². The summed E-state index contributed by atoms with van der Waals surface area (Å²) in [6.07, 6.45) is 0. The lowest BCUT2D eigenvalue weighted by atomic mass is 9.84. The minimum absolute atomic E-state index is 1.20. The van der Waals surface area contributed by atoms with E-state index in [2.05, 4.69) is 217 Å². The molecule has 62 heavy (non-hydrogen) atoms. The monoisotopic (exact) mass is 801 g/mol. The normalized spacial score (nSPS) is 12.2. The van der Waals surface area contributed by atoms with E-state index in [9.17, 15) is 0 Å². The van der Waals surface area contributed by atoms with Gasteiger partial charge in [-0.1, -0.05) is 176 Å². The highest BCUT2D eigenvalue weighted by atomic mass is 32.1. The molecular formula is C60H35NS. The molecule has 286 valence electrons. The highest BCUT2D eigenvalue weighted by molar-refractivity contribution is 7.26. The Bertz CT molecular complexity index is 4160. The molecule has 0 spiro atoms. The van der Waals surface area contributed by atoms with Gasteiger partial charge in [-0.3, -0.25) is 0 Å². The molecular weight excluding hydrogens is 767 g/mol. The van der Waals surface area contributed by atoms with Crippen LogP contribution in [0.3, 0.4) is 0 Å². The Labute approximate surface area is 360 Å². The number of rotatable bonds is 3. The van der Waals surface area contributed by atoms with E-state index in [4.69, 9.17) is 0 Å². The molecule has 0 radical (unpaired) electrons. The quantitative estimate of drug-likeness (QED) is 0.157. The molecule has 0 bridgehead atoms. The Morgan fingerprint density at radius 1 is 0.290 bits per heavy atom. The van der Waals surface area contributed by atoms with Gasteiger partial charge in [0, 0.05) is 36.3 Å². The van der Waals surface area contributed by atoms with Crippen LogP contribution in [0.25, 0.3) is 135 Å². The molecule has 3 aromatic heterocycles. The van der Waals surface area contributed by atoms with Crippen LogP contribution < -0.4 is 0 Å². The highest BCUT2D eigenvalue weighted by Crippen LogP contribution is 2.47. The largest absolute Gasteiger partial charge is 0.308 e. The molecule has 0 amide bonds. The van der Waals surface area contributed by atoms with Crippen LogP contribution in [0, 0.1) is 0 Å². The average Bonchev–Trinajstić information content (AvgIpc) is 3.90. The van der Waals surface area contributed by atoms with Gasteiger partial charge in [0.05, 0.1) is 16.6 Å². The van der Waals surface area contributed by atoms with Gasteiger partial charge in [0.25, 0.3) is 0 Å². The molecule has 0 fully saturated rings. The van der Waals surface area contributed by atoms with Crippen molar-refractivity contribution in [1.29, 1.82) is 0 Å². The fourth-order valence-corrected chi connectivity index (χ4v) is 12.1. The number of para-hydroxylation sites is 1. The zero-order valence-electron chi connectivity index (χ0n) is 33.6. The molecule has 14 rings (SSSR count). The Morgan fingerprint density at radius 3 is 1.58 bits per heavy atom. The number of thiophene rings is 1. The summed E-state index contributed by atoms with van der Waals surface area (Å²) in [5.41, 5.74) is 11.2. The maximum atomic E-state index is 2.56. The first kappa shape index (κ1) is 34.0. The summed E-state index contributed by atoms with van der Waals surface area (Å²) in [7, 11) is 0. The molecule has 0 aliphatic carbocycles. The van der Waals surface area contributed by atoms with E-state index >= 15 is 0 Å². The van der Waals surface area contributed by atoms with Crippen molar-refractivity contribution in [2.24, 2.45) is 0 Å². The Hall–Kier alpha value is -7.78. The standard InChI is InChI=1S/C60H35NS/c1-2-18-40-36(14-1)15-10-25-43(40)57-47-23-7-5-21-45(47)56(46-22-6-8-24-48(46)57)39-17-9-16-37(34-39)38-32-33-52-51(35-38)50-28-11-27-49-42-20-4-3-19-41(42)44-26-12-30-54-58(44)59-53(61(52)60(49)50)29-13-31-55(59)62-54/h1-35H. The van der Waals surface area contributed by atoms with Crippen molar-refractivity contribution in [3.63, 3.8) is 0 Å². The van der Waals surface area contributed by atoms with E-state index < -0.39 is 0 Å². The van der Waals surface area contributed by atoms with Crippen LogP contribution in [0.2, 0.25) is 0 Å². The summed E-state index contributed by atoms with van der Waals surface area (Å²) in [5, 5.41) is 17.9. The molecule has 0 saturated carbocycles. The fourth-order valence-electron chi connectivity index (χ4n) is 11.0. The van der Waals surface area contributed by atoms with Crippen molar-refractivity contribution in [2.45, 2.75) is 0 Å². The minimum atomic E-state index is 1.20. The first-order valence-corrected chi connectivity index (χ1v) is 22.2. The van der Waals surface area contributed by atoms with E-state index in [-0.39, 0.29) is 0 Å². The number of aromatic nitrogens is 1. The lowest BCUT2D eigenvalue weighted by Gasteiger charge is -2.19. The molecule has 0 aliphatic heterocycles. The summed E-state index contributed by atoms with van der Waals surface area (Å²) >= 11 is 1.90. The SMILES string of the molecule is c1cc(-c2ccc3c(c2)c2cccc4c5ccccc5c5cccc6sc7cccc(c7c65)n3c42)cc(-c2c3ccccc3c(-c3cccc4ccccc34)c3ccccc23)c1. The summed E-state index contributed by atoms with van der Waals surface area (Å²) in [6.45, 7) is 0. The fraction of sp³-hybridized carbons (Fsp3) is 0. The number of hydrogen-bond donors (Lipinski definition) is 0. The van der Waals surface area contributed by atoms with Crippen molar-refractivity contribution in [3.8, 4) is 33.4 Å². The minimum Gasteiger partial charge on any atom is -0.308 e. The van der Waals surface area contributed by atoms with Crippen LogP contribution in [0.1, 0.15) is 0 Å². The molecule has 1 nitrogen and oxygen atoms in total. The second kappa shape index (κ2) is 12.9. The highest BCUT2D eigenvalue weighted by Gasteiger charge is 2.21. The molecule has 0 atom stereocenters. The van der Waals surface area contributed by atoms with Crippen LogP contribution in [-0.4, -0.2) is 4.40 Å². The zero-order chi connectivity index (χ0) is 40.5. The van der Waals surface area contributed by atoms with Crippen LogP contribution in [0.4, 0.5) is 0 Å². The van der Waals surface area contributed by atoms with E-state index in [0.717, 1.165) is 0 Å². The van der Waals surface area contributed by atoms with Crippen molar-refractivity contribution < 1.29 is 0 Å². The van der Waals surface area contributed by atoms with Gasteiger partial charge in [-0.05, 0) is 118 Å². The van der Waals surface area contributed by atoms with Crippen molar-refractivity contribution in [2.75, 3.05) is 0 Å². The Morgan fingerprint density at radius 2 is 0.806 bits per heavy atom. The summed E-state index contributed by atoms with van der Waals surface area (Å²) < 4.78 is 5.20. The topological polar surface area (TPSA) is 4.41 Å². The third-order valence-corrected chi connectivity index (χ3v) is 14.6. The maximum Gasteiger partial charge on any atom is 0.0619 e. The lowest BCUT2D eigenvalue weighted by molar-refractivity contribution is 1.36. The predicted molar refractivity (Wildman–Crippen MR) is 269 cm³/mol. The molecule has 0 unspecified atom stereocenters. The Kier molecular flexibility index (Phi) is 7.05. The summed E-state index contributed by atoms with van der Waals surface area (Å²) in [6, 6.07) is 79.4. The van der Waals surface area contributed by atoms with Gasteiger partial charge in [-0.15, -0.1) is 11.3 Å². The number of hydrogen-bond acceptors (Lipinski definition) is 1. The van der Waals surface area contributed by atoms with E-state index in [1.807, 2.05) is 11.3 Å². The third kappa shape index (κ3) is 4.67. The molecule has 2 heteroatoms. The summed E-state index contributed by atoms with van der Waals surface area (Å²) in [5.74, 6) is 0. The number of benzene rings is 11. The second-order valence-corrected chi connectivity index (χ2v) is 17.8. The third-order valence-electron chi connectivity index (χ3n) is 13.5. The van der Waals surface area contributed by atoms with Gasteiger partial charge in [0.1, 0.15) is 0 Å². The van der Waals surface area contributed by atoms with Gasteiger partial charge in [0.15, 0.2) is 0 Å². The van der Waals surface area contributed by atoms with Crippen molar-refractivity contribution in [1.82, 2.24) is 4.40 Å². The van der Waals surface area contributed by atoms with Gasteiger partial charge in [0.2, 0.25) is 0 Å². The van der Waals surface area contributed by atoms with E-state index in [1.165, 1.54) is 135 Å². The smallest absolute Gasteiger partial charge is 0.0619 e. The zero-order valence-corrected chi connectivity index (χ0v) is 34.4. The van der Waals surface area contributed by atoms with Crippen LogP contribution in [0.5, 0.6) is 0 Å². The summed E-state index contributed by atoms with van der Waals surface area (Å²) in [4.78, 5) is 0. The molecule has 3 heterocycles. The van der Waals surface area contributed by atoms with Gasteiger partial charge < -0.3 is 4.40 Å². The molecule has 14 aromatic rings. The predicted octanol–water partition coefficient (Wildman–Crippen LogP) is 17.4. The Balaban J connectivity index is 1.04. The molecule has 0 saturated heterocycles. The molecule has 11 aromatic carbocycles. The average molecular weight is 802 g/mol. The van der Waals surface area contributed by atoms with Gasteiger partial charge in [-0.2, -0.15) is 0 Å². The molecule has 0 N–H and O–H groups in total. The van der Waals surface area contributed by atoms with Crippen LogP contribution >= 0.6 is 11.3 Å². The van der Waals surface area contributed by atoms with E-state index in [0.29, 0.717) is 0 Å². The van der Waals surface area contributed by atoms with Crippen LogP contribution in [0.15, 0.2) is 212 Å². The second-order valence-electron chi connectivity index (χ2n) is 16.7. The first-order valence-electron chi connectivity index (χ1n) is 21.4. The number of fused-ring (bicyclic) bond motifs is 10. The van der Waals surface area contributed by atoms with Crippen molar-refractivity contribution in [3.05, 3.63) is 212 Å². The maximum absolute atomic E-state index is 2.56. The molecule has 0 aliphatic rings. The lowest BCUT2D eigenvalue weighted by Crippen LogP contribution is -1.92. The number of nitrogens with zero attached hydrogens (tertiary/aromatic N) is 1. The van der Waals surface area contributed by atoms with E-state index in [1.54, 1.807) is 0 Å². The first-order chi connectivity index (χ1) is 30.8. The van der Waals surface area contributed by atoms with Gasteiger partial charge >= 0.3 is 0 Å².